The van der Waals surface area contributed by atoms with Gasteiger partial charge in [0.2, 0.25) is 0 Å². The number of hydrogen-bond acceptors (Lipinski definition) is 1. The van der Waals surface area contributed by atoms with Gasteiger partial charge in [0.05, 0.1) is 0 Å². The Kier molecular flexibility index (Phi) is 1.63. The summed E-state index contributed by atoms with van der Waals surface area (Å²) in [4.78, 5) is -0.757. The van der Waals surface area contributed by atoms with E-state index in [4.69, 9.17) is 0 Å². The minimum Gasteiger partial charge on any atom is -0.388 e. The lowest BCUT2D eigenvalue weighted by molar-refractivity contribution is 0.102. The molecule has 0 aromatic heterocycles. The van der Waals surface area contributed by atoms with E-state index in [2.05, 4.69) is 18.0 Å². The third-order valence-corrected chi connectivity index (χ3v) is 0.791. The van der Waals surface area contributed by atoms with E-state index in [0.717, 1.165) is 0 Å². The summed E-state index contributed by atoms with van der Waals surface area (Å²) in [6.45, 7) is 0.662. The van der Waals surface area contributed by atoms with Gasteiger partial charge >= 0.3 is 0 Å². The minimum atomic E-state index is -2.99. The summed E-state index contributed by atoms with van der Waals surface area (Å²) in [5.41, 5.74) is 4.55. The molecule has 0 bridgehead atoms. The van der Waals surface area contributed by atoms with E-state index in [-0.39, 0.29) is 0 Å². The zero-order valence-electron chi connectivity index (χ0n) is 3.74. The summed E-state index contributed by atoms with van der Waals surface area (Å²) in [6, 6.07) is 0. The van der Waals surface area contributed by atoms with E-state index in [0.29, 0.717) is 6.92 Å². The Morgan fingerprint density at radius 1 is 1.71 bits per heavy atom. The highest BCUT2D eigenvalue weighted by molar-refractivity contribution is 7.80. The fourth-order valence-electron chi connectivity index (χ4n) is 0. The van der Waals surface area contributed by atoms with Gasteiger partial charge in [-0.15, -0.1) is 0 Å². The fourth-order valence-corrected chi connectivity index (χ4v) is 0. The van der Waals surface area contributed by atoms with E-state index in [1.165, 1.54) is 0 Å². The molecule has 0 aliphatic carbocycles. The van der Waals surface area contributed by atoms with Gasteiger partial charge in [-0.05, 0) is 0 Å². The molecule has 7 heavy (non-hydrogen) atoms. The molecule has 2 N–H and O–H groups in total. The second-order valence-electron chi connectivity index (χ2n) is 1.25. The molecule has 0 amide bonds. The quantitative estimate of drug-likeness (QED) is 0.527. The number of rotatable bonds is 1. The average molecular weight is 125 g/mol. The van der Waals surface area contributed by atoms with Gasteiger partial charge in [-0.3, -0.25) is 0 Å². The van der Waals surface area contributed by atoms with Crippen LogP contribution in [-0.4, -0.2) is 10.9 Å². The normalized spacial score (nSPS) is 11.3. The molecule has 0 spiro atoms. The van der Waals surface area contributed by atoms with Crippen LogP contribution in [0, 0.1) is 0 Å². The van der Waals surface area contributed by atoms with E-state index in [9.17, 15) is 8.78 Å². The Hall–Kier alpha value is -0.250. The fraction of sp³-hybridized carbons (Fsp3) is 0.667. The molecule has 0 aliphatic heterocycles. The van der Waals surface area contributed by atoms with Crippen LogP contribution in [-0.2, 0) is 0 Å². The average Bonchev–Trinajstić information content (AvgIpc) is 1.31. The van der Waals surface area contributed by atoms with Gasteiger partial charge in [-0.1, -0.05) is 12.2 Å². The van der Waals surface area contributed by atoms with E-state index >= 15 is 0 Å². The second-order valence-corrected chi connectivity index (χ2v) is 1.69. The van der Waals surface area contributed by atoms with Gasteiger partial charge in [-0.2, -0.15) is 8.78 Å². The maximum absolute atomic E-state index is 11.6. The molecule has 0 heterocycles. The van der Waals surface area contributed by atoms with Crippen molar-refractivity contribution in [2.45, 2.75) is 12.8 Å². The van der Waals surface area contributed by atoms with Crippen LogP contribution in [0.15, 0.2) is 0 Å². The summed E-state index contributed by atoms with van der Waals surface area (Å²) < 4.78 is 23.2. The van der Waals surface area contributed by atoms with Crippen molar-refractivity contribution in [1.29, 1.82) is 0 Å². The SMILES string of the molecule is CC(F)(F)C(N)=S. The van der Waals surface area contributed by atoms with Crippen molar-refractivity contribution in [3.05, 3.63) is 0 Å². The van der Waals surface area contributed by atoms with Gasteiger partial charge in [-0.25, -0.2) is 0 Å². The second kappa shape index (κ2) is 1.69. The molecule has 0 radical (unpaired) electrons. The van der Waals surface area contributed by atoms with Gasteiger partial charge in [0.25, 0.3) is 5.92 Å². The number of hydrogen-bond donors (Lipinski definition) is 1. The summed E-state index contributed by atoms with van der Waals surface area (Å²) in [5.74, 6) is -2.99. The van der Waals surface area contributed by atoms with Crippen LogP contribution < -0.4 is 5.73 Å². The van der Waals surface area contributed by atoms with Gasteiger partial charge in [0.1, 0.15) is 4.99 Å². The number of halogens is 2. The van der Waals surface area contributed by atoms with Crippen molar-refractivity contribution in [2.75, 3.05) is 0 Å². The Morgan fingerprint density at radius 3 is 1.86 bits per heavy atom. The Labute approximate surface area is 45.5 Å². The minimum absolute atomic E-state index is 0.662. The van der Waals surface area contributed by atoms with Crippen LogP contribution in [0.5, 0.6) is 0 Å². The van der Waals surface area contributed by atoms with Crippen molar-refractivity contribution >= 4 is 17.2 Å². The molecule has 0 aromatic carbocycles. The number of thiocarbonyl (C=S) groups is 1. The monoisotopic (exact) mass is 125 g/mol. The molecule has 0 unspecified atom stereocenters. The predicted octanol–water partition coefficient (Wildman–Crippen LogP) is 0.928. The first-order chi connectivity index (χ1) is 2.94. The van der Waals surface area contributed by atoms with Crippen molar-refractivity contribution in [3.63, 3.8) is 0 Å². The first-order valence-electron chi connectivity index (χ1n) is 1.62. The highest BCUT2D eigenvalue weighted by Gasteiger charge is 2.24. The molecule has 0 fully saturated rings. The highest BCUT2D eigenvalue weighted by atomic mass is 32.1. The van der Waals surface area contributed by atoms with Crippen molar-refractivity contribution in [2.24, 2.45) is 5.73 Å². The maximum Gasteiger partial charge on any atom is 0.294 e. The van der Waals surface area contributed by atoms with E-state index < -0.39 is 10.9 Å². The van der Waals surface area contributed by atoms with Gasteiger partial charge in [0.15, 0.2) is 0 Å². The predicted molar refractivity (Wildman–Crippen MR) is 27.4 cm³/mol. The summed E-state index contributed by atoms with van der Waals surface area (Å²) in [5, 5.41) is 0. The maximum atomic E-state index is 11.6. The van der Waals surface area contributed by atoms with E-state index in [1.54, 1.807) is 0 Å². The molecular formula is C3H5F2NS. The molecule has 4 heteroatoms. The Balaban J connectivity index is 3.79. The standard InChI is InChI=1S/C3H5F2NS/c1-3(4,5)2(6)7/h1H3,(H2,6,7). The Bertz CT molecular complexity index is 85.4. The lowest BCUT2D eigenvalue weighted by Gasteiger charge is -2.04. The summed E-state index contributed by atoms with van der Waals surface area (Å²) >= 11 is 3.96. The largest absolute Gasteiger partial charge is 0.388 e. The van der Waals surface area contributed by atoms with Crippen LogP contribution in [0.3, 0.4) is 0 Å². The molecule has 0 saturated heterocycles. The third-order valence-electron chi connectivity index (χ3n) is 0.433. The molecule has 0 saturated carbocycles. The van der Waals surface area contributed by atoms with Crippen LogP contribution >= 0.6 is 12.2 Å². The van der Waals surface area contributed by atoms with Gasteiger partial charge in [0, 0.05) is 6.92 Å². The highest BCUT2D eigenvalue weighted by Crippen LogP contribution is 2.09. The van der Waals surface area contributed by atoms with E-state index in [1.807, 2.05) is 0 Å². The van der Waals surface area contributed by atoms with Crippen molar-refractivity contribution in [1.82, 2.24) is 0 Å². The smallest absolute Gasteiger partial charge is 0.294 e. The molecule has 1 nitrogen and oxygen atoms in total. The lowest BCUT2D eigenvalue weighted by Crippen LogP contribution is -2.29. The molecule has 42 valence electrons. The van der Waals surface area contributed by atoms with Crippen LogP contribution in [0.2, 0.25) is 0 Å². The molecule has 0 aromatic rings. The summed E-state index contributed by atoms with van der Waals surface area (Å²) in [6.07, 6.45) is 0. The van der Waals surface area contributed by atoms with Crippen molar-refractivity contribution in [3.8, 4) is 0 Å². The summed E-state index contributed by atoms with van der Waals surface area (Å²) in [7, 11) is 0. The first kappa shape index (κ1) is 6.75. The topological polar surface area (TPSA) is 26.0 Å². The molecular weight excluding hydrogens is 120 g/mol. The number of nitrogens with two attached hydrogens (primary N) is 1. The van der Waals surface area contributed by atoms with Crippen molar-refractivity contribution < 1.29 is 8.78 Å². The van der Waals surface area contributed by atoms with Gasteiger partial charge < -0.3 is 5.73 Å². The molecule has 0 rings (SSSR count). The lowest BCUT2D eigenvalue weighted by atomic mass is 10.4. The van der Waals surface area contributed by atoms with Crippen LogP contribution in [0.25, 0.3) is 0 Å². The zero-order chi connectivity index (χ0) is 6.08. The van der Waals surface area contributed by atoms with Crippen LogP contribution in [0.4, 0.5) is 8.78 Å². The zero-order valence-corrected chi connectivity index (χ0v) is 4.56. The third kappa shape index (κ3) is 2.45. The molecule has 0 aliphatic rings. The molecule has 0 atom stereocenters. The van der Waals surface area contributed by atoms with Crippen LogP contribution in [0.1, 0.15) is 6.92 Å². The number of alkyl halides is 2. The first-order valence-corrected chi connectivity index (χ1v) is 2.03. The Morgan fingerprint density at radius 2 is 1.86 bits per heavy atom.